The smallest absolute Gasteiger partial charge is 0.259 e. The van der Waals surface area contributed by atoms with E-state index in [9.17, 15) is 9.90 Å². The van der Waals surface area contributed by atoms with E-state index >= 15 is 0 Å². The Kier molecular flexibility index (Phi) is 6.73. The minimum Gasteiger partial charge on any atom is -0.376 e. The van der Waals surface area contributed by atoms with Crippen molar-refractivity contribution in [3.05, 3.63) is 29.6 Å². The molecule has 6 heteroatoms. The van der Waals surface area contributed by atoms with Crippen LogP contribution >= 0.6 is 0 Å². The van der Waals surface area contributed by atoms with Gasteiger partial charge in [0, 0.05) is 25.4 Å². The Labute approximate surface area is 168 Å². The summed E-state index contributed by atoms with van der Waals surface area (Å²) >= 11 is 0. The number of aliphatic hydroxyl groups is 1. The average Bonchev–Trinajstić information content (AvgIpc) is 3.44. The number of ether oxygens (including phenoxy) is 2. The number of carbonyl (C=O) groups is 1. The first kappa shape index (κ1) is 21.2. The first-order valence-corrected chi connectivity index (χ1v) is 10.5. The lowest BCUT2D eigenvalue weighted by molar-refractivity contribution is -0.233. The van der Waals surface area contributed by atoms with Gasteiger partial charge in [-0.1, -0.05) is 33.6 Å². The summed E-state index contributed by atoms with van der Waals surface area (Å²) in [6.45, 7) is 6.20. The molecule has 1 amide bonds. The Morgan fingerprint density at radius 3 is 2.86 bits per heavy atom. The molecule has 0 radical (unpaired) electrons. The lowest BCUT2D eigenvalue weighted by Crippen LogP contribution is -2.76. The molecule has 1 saturated carbocycles. The highest BCUT2D eigenvalue weighted by atomic mass is 16.7. The van der Waals surface area contributed by atoms with Crippen LogP contribution in [-0.4, -0.2) is 53.2 Å². The van der Waals surface area contributed by atoms with Gasteiger partial charge in [0.15, 0.2) is 5.60 Å². The summed E-state index contributed by atoms with van der Waals surface area (Å²) in [5, 5.41) is 9.67. The third kappa shape index (κ3) is 4.09. The van der Waals surface area contributed by atoms with E-state index in [1.165, 1.54) is 29.7 Å². The van der Waals surface area contributed by atoms with Gasteiger partial charge < -0.3 is 19.5 Å². The van der Waals surface area contributed by atoms with E-state index < -0.39 is 5.60 Å². The van der Waals surface area contributed by atoms with Gasteiger partial charge in [0.2, 0.25) is 0 Å². The highest BCUT2D eigenvalue weighted by molar-refractivity contribution is 5.93. The molecule has 3 unspecified atom stereocenters. The van der Waals surface area contributed by atoms with Crippen LogP contribution in [0, 0.1) is 11.8 Å². The zero-order valence-corrected chi connectivity index (χ0v) is 17.6. The van der Waals surface area contributed by atoms with Crippen molar-refractivity contribution < 1.29 is 19.4 Å². The number of aliphatic hydroxyl groups excluding tert-OH is 1. The molecule has 0 spiro atoms. The summed E-state index contributed by atoms with van der Waals surface area (Å²) in [6, 6.07) is 4.06. The molecule has 1 aromatic rings. The van der Waals surface area contributed by atoms with E-state index in [2.05, 4.69) is 37.9 Å². The van der Waals surface area contributed by atoms with E-state index in [-0.39, 0.29) is 25.5 Å². The predicted octanol–water partition coefficient (Wildman–Crippen LogP) is 3.09. The minimum atomic E-state index is -1.01. The molecule has 2 aliphatic rings. The summed E-state index contributed by atoms with van der Waals surface area (Å²) in [5.74, 6) is 1.59. The van der Waals surface area contributed by atoms with Crippen LogP contribution in [0.4, 0.5) is 0 Å². The van der Waals surface area contributed by atoms with Crippen LogP contribution in [0.2, 0.25) is 0 Å². The van der Waals surface area contributed by atoms with Gasteiger partial charge in [-0.3, -0.25) is 9.78 Å². The number of hydrogen-bond acceptors (Lipinski definition) is 5. The van der Waals surface area contributed by atoms with Gasteiger partial charge in [0.1, 0.15) is 13.5 Å². The van der Waals surface area contributed by atoms with Crippen LogP contribution in [0.3, 0.4) is 0 Å². The molecule has 0 bridgehead atoms. The Bertz CT molecular complexity index is 680. The van der Waals surface area contributed by atoms with Crippen molar-refractivity contribution in [3.63, 3.8) is 0 Å². The summed E-state index contributed by atoms with van der Waals surface area (Å²) in [5.41, 5.74) is 1.17. The Morgan fingerprint density at radius 2 is 2.21 bits per heavy atom. The monoisotopic (exact) mass is 390 g/mol. The van der Waals surface area contributed by atoms with Crippen molar-refractivity contribution in [2.45, 2.75) is 70.4 Å². The molecule has 3 rings (SSSR count). The zero-order chi connectivity index (χ0) is 20.3. The van der Waals surface area contributed by atoms with Crippen LogP contribution < -0.4 is 0 Å². The number of likely N-dealkylation sites (tertiary alicyclic amines) is 1. The largest absolute Gasteiger partial charge is 0.376 e. The normalized spacial score (nSPS) is 29.3. The fourth-order valence-corrected chi connectivity index (χ4v) is 4.65. The molecule has 6 nitrogen and oxygen atoms in total. The van der Waals surface area contributed by atoms with Crippen molar-refractivity contribution in [2.24, 2.45) is 11.8 Å². The summed E-state index contributed by atoms with van der Waals surface area (Å²) in [6.07, 6.45) is 6.74. The Morgan fingerprint density at radius 1 is 1.43 bits per heavy atom. The fourth-order valence-electron chi connectivity index (χ4n) is 4.65. The molecule has 2 heterocycles. The van der Waals surface area contributed by atoms with Crippen molar-refractivity contribution in [1.82, 2.24) is 9.88 Å². The third-order valence-electron chi connectivity index (χ3n) is 6.11. The van der Waals surface area contributed by atoms with Crippen molar-refractivity contribution in [3.8, 4) is 0 Å². The van der Waals surface area contributed by atoms with Gasteiger partial charge in [0.05, 0.1) is 6.04 Å². The quantitative estimate of drug-likeness (QED) is 0.464. The van der Waals surface area contributed by atoms with Crippen LogP contribution in [0.25, 0.3) is 0 Å². The molecular formula is C22H34N2O4. The number of rotatable bonds is 11. The Hall–Kier alpha value is -1.50. The van der Waals surface area contributed by atoms with Crippen LogP contribution in [0.1, 0.15) is 63.6 Å². The fraction of sp³-hybridized carbons (Fsp3) is 0.727. The standard InChI is InChI=1S/C22H34N2O4/c1-5-6-16-11-19(16)17-7-8-23-18(10-17)12-22(28-14-27-4)20(9-15(2)3)24(13-25)21(22)26/h7-8,10,15-16,19-20,25H,5-6,9,11-14H2,1-4H3/t16?,19?,20?,22-/m1/s1. The molecule has 1 aliphatic heterocycles. The summed E-state index contributed by atoms with van der Waals surface area (Å²) in [4.78, 5) is 19.0. The molecular weight excluding hydrogens is 356 g/mol. The maximum Gasteiger partial charge on any atom is 0.259 e. The van der Waals surface area contributed by atoms with Crippen molar-refractivity contribution >= 4 is 5.91 Å². The molecule has 1 N–H and O–H groups in total. The lowest BCUT2D eigenvalue weighted by atomic mass is 9.74. The van der Waals surface area contributed by atoms with E-state index in [1.807, 2.05) is 6.20 Å². The molecule has 1 aliphatic carbocycles. The SMILES string of the molecule is CCCC1CC1c1ccnc(C[C@]2(OCOC)C(=O)N(CO)C2CC(C)C)c1. The van der Waals surface area contributed by atoms with Gasteiger partial charge in [-0.05, 0) is 48.3 Å². The van der Waals surface area contributed by atoms with Crippen LogP contribution in [-0.2, 0) is 20.7 Å². The Balaban J connectivity index is 1.82. The van der Waals surface area contributed by atoms with Gasteiger partial charge >= 0.3 is 0 Å². The summed E-state index contributed by atoms with van der Waals surface area (Å²) < 4.78 is 11.1. The number of pyridine rings is 1. The maximum absolute atomic E-state index is 12.9. The number of methoxy groups -OCH3 is 1. The molecule has 1 aromatic heterocycles. The van der Waals surface area contributed by atoms with Gasteiger partial charge in [-0.25, -0.2) is 0 Å². The number of β-lactam (4-membered cyclic amide) rings is 1. The number of aromatic nitrogens is 1. The molecule has 2 fully saturated rings. The molecule has 28 heavy (non-hydrogen) atoms. The average molecular weight is 391 g/mol. The lowest BCUT2D eigenvalue weighted by Gasteiger charge is -2.55. The highest BCUT2D eigenvalue weighted by Gasteiger charge is 2.61. The van der Waals surface area contributed by atoms with Gasteiger partial charge in [0.25, 0.3) is 5.91 Å². The van der Waals surface area contributed by atoms with E-state index in [0.717, 1.165) is 18.0 Å². The molecule has 0 aromatic carbocycles. The molecule has 156 valence electrons. The first-order valence-electron chi connectivity index (χ1n) is 10.5. The van der Waals surface area contributed by atoms with E-state index in [0.29, 0.717) is 18.3 Å². The second kappa shape index (κ2) is 8.89. The summed E-state index contributed by atoms with van der Waals surface area (Å²) in [7, 11) is 1.55. The van der Waals surface area contributed by atoms with Crippen molar-refractivity contribution in [1.29, 1.82) is 0 Å². The van der Waals surface area contributed by atoms with Gasteiger partial charge in [-0.2, -0.15) is 0 Å². The minimum absolute atomic E-state index is 0.0422. The van der Waals surface area contributed by atoms with Crippen LogP contribution in [0.15, 0.2) is 18.3 Å². The van der Waals surface area contributed by atoms with E-state index in [1.54, 1.807) is 7.11 Å². The number of nitrogens with zero attached hydrogens (tertiary/aromatic N) is 2. The number of hydrogen-bond donors (Lipinski definition) is 1. The van der Waals surface area contributed by atoms with E-state index in [4.69, 9.17) is 9.47 Å². The molecule has 1 saturated heterocycles. The molecule has 4 atom stereocenters. The topological polar surface area (TPSA) is 71.9 Å². The highest BCUT2D eigenvalue weighted by Crippen LogP contribution is 2.50. The second-order valence-corrected chi connectivity index (χ2v) is 8.65. The first-order chi connectivity index (χ1) is 13.5. The van der Waals surface area contributed by atoms with Gasteiger partial charge in [-0.15, -0.1) is 0 Å². The second-order valence-electron chi connectivity index (χ2n) is 8.65. The maximum atomic E-state index is 12.9. The van der Waals surface area contributed by atoms with Crippen LogP contribution in [0.5, 0.6) is 0 Å². The number of carbonyl (C=O) groups excluding carboxylic acids is 1. The zero-order valence-electron chi connectivity index (χ0n) is 17.6. The predicted molar refractivity (Wildman–Crippen MR) is 107 cm³/mol. The third-order valence-corrected chi connectivity index (χ3v) is 6.11. The number of amides is 1. The van der Waals surface area contributed by atoms with Crippen molar-refractivity contribution in [2.75, 3.05) is 20.6 Å².